The van der Waals surface area contributed by atoms with Crippen molar-refractivity contribution < 1.29 is 27.1 Å². The fourth-order valence-electron chi connectivity index (χ4n) is 4.84. The maximum Gasteiger partial charge on any atom is 0.460 e. The van der Waals surface area contributed by atoms with E-state index in [2.05, 4.69) is 13.2 Å². The maximum absolute atomic E-state index is 6.83. The van der Waals surface area contributed by atoms with Crippen molar-refractivity contribution in [2.75, 3.05) is 0 Å². The Labute approximate surface area is 303 Å². The molecular weight excluding hydrogens is 711 g/mol. The van der Waals surface area contributed by atoms with Crippen LogP contribution in [0.1, 0.15) is 11.1 Å². The summed E-state index contributed by atoms with van der Waals surface area (Å²) in [4.78, 5) is 0. The Bertz CT molecular complexity index is 2160. The number of hydrogen-bond acceptors (Lipinski definition) is 9. The fraction of sp³-hybridized carbons (Fsp3) is 0. The van der Waals surface area contributed by atoms with Crippen molar-refractivity contribution in [2.45, 2.75) is 0 Å². The Kier molecular flexibility index (Phi) is 10.5. The van der Waals surface area contributed by atoms with E-state index in [1.165, 1.54) is 0 Å². The van der Waals surface area contributed by atoms with Gasteiger partial charge in [0.05, 0.1) is 0 Å². The molecule has 12 heteroatoms. The van der Waals surface area contributed by atoms with E-state index < -0.39 is 23.0 Å². The van der Waals surface area contributed by atoms with Gasteiger partial charge in [-0.25, -0.2) is 0 Å². The first-order valence-corrected chi connectivity index (χ1v) is 20.8. The Morgan fingerprint density at radius 3 is 0.731 bits per heavy atom. The van der Waals surface area contributed by atoms with Crippen molar-refractivity contribution in [1.82, 2.24) is 0 Å². The minimum Gasteiger partial charge on any atom is -0.413 e. The van der Waals surface area contributed by atoms with Crippen LogP contribution in [-0.2, 0) is 0 Å². The van der Waals surface area contributed by atoms with Gasteiger partial charge in [0.15, 0.2) is 0 Å². The van der Waals surface area contributed by atoms with Crippen LogP contribution in [0.25, 0.3) is 12.2 Å². The molecule has 9 nitrogen and oxygen atoms in total. The van der Waals surface area contributed by atoms with Gasteiger partial charge < -0.3 is 27.1 Å². The molecular formula is C40H34N3O6P3. The van der Waals surface area contributed by atoms with Crippen LogP contribution in [0.2, 0.25) is 0 Å². The van der Waals surface area contributed by atoms with Crippen LogP contribution < -0.4 is 27.1 Å². The first kappa shape index (κ1) is 34.7. The van der Waals surface area contributed by atoms with E-state index in [-0.39, 0.29) is 0 Å². The zero-order valence-corrected chi connectivity index (χ0v) is 30.6. The first-order valence-electron chi connectivity index (χ1n) is 16.2. The van der Waals surface area contributed by atoms with E-state index in [4.69, 9.17) is 40.7 Å². The van der Waals surface area contributed by atoms with E-state index in [0.717, 1.165) is 11.1 Å². The van der Waals surface area contributed by atoms with Gasteiger partial charge in [-0.15, -0.1) is 0 Å². The summed E-state index contributed by atoms with van der Waals surface area (Å²) >= 11 is 0. The van der Waals surface area contributed by atoms with E-state index in [9.17, 15) is 0 Å². The zero-order chi connectivity index (χ0) is 35.7. The van der Waals surface area contributed by atoms with Crippen LogP contribution in [0.15, 0.2) is 197 Å². The summed E-state index contributed by atoms with van der Waals surface area (Å²) in [5.74, 6) is 2.63. The number of hydrogen-bond donors (Lipinski definition) is 0. The molecule has 0 bridgehead atoms. The van der Waals surface area contributed by atoms with Crippen LogP contribution in [-0.4, -0.2) is 0 Å². The second-order valence-electron chi connectivity index (χ2n) is 11.1. The zero-order valence-electron chi connectivity index (χ0n) is 27.9. The minimum atomic E-state index is -3.95. The predicted molar refractivity (Wildman–Crippen MR) is 211 cm³/mol. The molecule has 1 heterocycles. The van der Waals surface area contributed by atoms with Crippen LogP contribution in [0.3, 0.4) is 0 Å². The molecule has 2 atom stereocenters. The lowest BCUT2D eigenvalue weighted by Gasteiger charge is -2.33. The van der Waals surface area contributed by atoms with Crippen molar-refractivity contribution in [1.29, 1.82) is 0 Å². The Hall–Kier alpha value is -5.71. The van der Waals surface area contributed by atoms with Crippen molar-refractivity contribution >= 4 is 35.1 Å². The molecule has 0 amide bonds. The lowest BCUT2D eigenvalue weighted by Crippen LogP contribution is -2.11. The second kappa shape index (κ2) is 15.7. The fourth-order valence-corrected chi connectivity index (χ4v) is 13.9. The van der Waals surface area contributed by atoms with Gasteiger partial charge in [-0.2, -0.15) is 0 Å². The highest BCUT2D eigenvalue weighted by atomic mass is 31.3. The Balaban J connectivity index is 1.55. The monoisotopic (exact) mass is 745 g/mol. The van der Waals surface area contributed by atoms with Gasteiger partial charge in [0, 0.05) is 0 Å². The molecule has 7 rings (SSSR count). The van der Waals surface area contributed by atoms with E-state index in [0.29, 0.717) is 34.5 Å². The summed E-state index contributed by atoms with van der Waals surface area (Å²) in [6.07, 6.45) is 3.49. The topological polar surface area (TPSA) is 92.5 Å². The molecule has 6 aromatic carbocycles. The predicted octanol–water partition coefficient (Wildman–Crippen LogP) is 13.6. The van der Waals surface area contributed by atoms with E-state index in [1.54, 1.807) is 84.9 Å². The van der Waals surface area contributed by atoms with Crippen LogP contribution in [0, 0.1) is 0 Å². The van der Waals surface area contributed by atoms with Gasteiger partial charge in [0.1, 0.15) is 34.5 Å². The molecule has 1 aliphatic heterocycles. The van der Waals surface area contributed by atoms with Gasteiger partial charge in [-0.05, 0) is 83.9 Å². The van der Waals surface area contributed by atoms with Crippen molar-refractivity contribution in [2.24, 2.45) is 13.5 Å². The molecule has 0 radical (unpaired) electrons. The summed E-state index contributed by atoms with van der Waals surface area (Å²) in [5, 5.41) is 0. The average molecular weight is 746 g/mol. The molecule has 2 unspecified atom stereocenters. The summed E-state index contributed by atoms with van der Waals surface area (Å²) in [7, 11) is -11.8. The number of rotatable bonds is 14. The van der Waals surface area contributed by atoms with Gasteiger partial charge >= 0.3 is 23.0 Å². The van der Waals surface area contributed by atoms with E-state index in [1.807, 2.05) is 97.1 Å². The lowest BCUT2D eigenvalue weighted by molar-refractivity contribution is 0.443. The molecule has 6 aromatic rings. The van der Waals surface area contributed by atoms with Gasteiger partial charge in [-0.1, -0.05) is 136 Å². The Morgan fingerprint density at radius 1 is 0.308 bits per heavy atom. The third kappa shape index (κ3) is 8.59. The lowest BCUT2D eigenvalue weighted by atomic mass is 10.2. The van der Waals surface area contributed by atoms with Crippen LogP contribution in [0.4, 0.5) is 0 Å². The van der Waals surface area contributed by atoms with Gasteiger partial charge in [0.2, 0.25) is 0 Å². The maximum atomic E-state index is 6.83. The van der Waals surface area contributed by atoms with Gasteiger partial charge in [0.25, 0.3) is 0 Å². The minimum absolute atomic E-state index is 0.426. The quantitative estimate of drug-likeness (QED) is 0.103. The first-order chi connectivity index (χ1) is 25.5. The summed E-state index contributed by atoms with van der Waals surface area (Å²) in [6, 6.07) is 51.4. The molecule has 52 heavy (non-hydrogen) atoms. The molecule has 0 spiro atoms. The highest BCUT2D eigenvalue weighted by Gasteiger charge is 2.48. The SMILES string of the molecule is C=Cc1ccc(OP2(Oc3ccccc3)=NP(Oc3ccccc3)(Oc3ccccc3)=NP(Oc3ccccc3)(Oc3ccc(C=C)cc3)=N2)cc1. The molecule has 0 aliphatic carbocycles. The highest BCUT2D eigenvalue weighted by molar-refractivity contribution is 7.79. The largest absolute Gasteiger partial charge is 0.460 e. The molecule has 0 N–H and O–H groups in total. The number of para-hydroxylation sites is 4. The van der Waals surface area contributed by atoms with Crippen LogP contribution in [0.5, 0.6) is 34.5 Å². The third-order valence-corrected chi connectivity index (χ3v) is 15.3. The number of nitrogens with zero attached hydrogens (tertiary/aromatic N) is 3. The number of benzene rings is 6. The normalized spacial score (nSPS) is 18.5. The van der Waals surface area contributed by atoms with Crippen molar-refractivity contribution in [3.8, 4) is 34.5 Å². The van der Waals surface area contributed by atoms with Gasteiger partial charge in [-0.3, -0.25) is 0 Å². The van der Waals surface area contributed by atoms with Crippen LogP contribution >= 0.6 is 23.0 Å². The van der Waals surface area contributed by atoms with E-state index >= 15 is 0 Å². The second-order valence-corrected chi connectivity index (χ2v) is 17.3. The molecule has 0 aromatic heterocycles. The summed E-state index contributed by atoms with van der Waals surface area (Å²) in [6.45, 7) is 7.77. The molecule has 0 fully saturated rings. The van der Waals surface area contributed by atoms with Crippen molar-refractivity contribution in [3.63, 3.8) is 0 Å². The smallest absolute Gasteiger partial charge is 0.413 e. The standard InChI is InChI=1S/C40H34N3O6P3/c1-3-33-25-29-39(30-26-33)48-51(46-37-21-13-7-14-22-37)41-50(44-35-17-9-5-10-18-35,45-36-19-11-6-12-20-36)42-52(43-51,47-38-23-15-8-16-24-38)49-40-31-27-34(4-2)28-32-40/h3-32H,1-2H2. The average Bonchev–Trinajstić information content (AvgIpc) is 3.16. The molecule has 1 aliphatic rings. The summed E-state index contributed by atoms with van der Waals surface area (Å²) in [5.41, 5.74) is 1.80. The van der Waals surface area contributed by atoms with Crippen molar-refractivity contribution in [3.05, 3.63) is 194 Å². The molecule has 260 valence electrons. The summed E-state index contributed by atoms with van der Waals surface area (Å²) < 4.78 is 56.5. The highest BCUT2D eigenvalue weighted by Crippen LogP contribution is 2.78. The molecule has 0 saturated carbocycles. The Morgan fingerprint density at radius 2 is 0.519 bits per heavy atom. The third-order valence-electron chi connectivity index (χ3n) is 7.23. The molecule has 0 saturated heterocycles.